The zero-order chi connectivity index (χ0) is 23.7. The lowest BCUT2D eigenvalue weighted by Gasteiger charge is -2.37. The number of sulfonamides is 1. The zero-order valence-electron chi connectivity index (χ0n) is 18.3. The van der Waals surface area contributed by atoms with Crippen LogP contribution in [0.5, 0.6) is 0 Å². The number of nitrogens with one attached hydrogen (secondary N) is 1. The number of aromatic nitrogens is 2. The molecule has 1 aliphatic heterocycles. The van der Waals surface area contributed by atoms with Gasteiger partial charge in [0.05, 0.1) is 10.8 Å². The summed E-state index contributed by atoms with van der Waals surface area (Å²) in [7, 11) is -3.76. The number of anilines is 2. The van der Waals surface area contributed by atoms with E-state index in [1.54, 1.807) is 30.3 Å². The molecule has 2 heterocycles. The second kappa shape index (κ2) is 8.86. The first-order valence-electron chi connectivity index (χ1n) is 11.0. The van der Waals surface area contributed by atoms with Gasteiger partial charge in [-0.3, -0.25) is 14.3 Å². The Bertz CT molecular complexity index is 1320. The van der Waals surface area contributed by atoms with Gasteiger partial charge in [0.1, 0.15) is 12.1 Å². The number of carbonyl (C=O) groups excluding carboxylic acids is 2. The molecule has 1 atom stereocenters. The van der Waals surface area contributed by atoms with Crippen LogP contribution in [-0.2, 0) is 14.8 Å². The van der Waals surface area contributed by atoms with Gasteiger partial charge in [-0.25, -0.2) is 18.4 Å². The number of Topliss-reactive ketones (excluding diaryl/α,β-unsaturated/α-hetero) is 1. The molecule has 2 aromatic carbocycles. The number of ketones is 1. The van der Waals surface area contributed by atoms with Crippen LogP contribution in [0, 0.1) is 0 Å². The highest BCUT2D eigenvalue weighted by molar-refractivity contribution is 7.92. The van der Waals surface area contributed by atoms with Gasteiger partial charge in [0.25, 0.3) is 10.0 Å². The first kappa shape index (κ1) is 22.0. The number of amides is 1. The van der Waals surface area contributed by atoms with Gasteiger partial charge in [-0.05, 0) is 35.9 Å². The van der Waals surface area contributed by atoms with Crippen LogP contribution in [-0.4, -0.2) is 61.2 Å². The molecule has 1 fully saturated rings. The summed E-state index contributed by atoms with van der Waals surface area (Å²) in [5.74, 6) is -0.180. The molecule has 174 valence electrons. The molecule has 1 aliphatic carbocycles. The van der Waals surface area contributed by atoms with Gasteiger partial charge >= 0.3 is 0 Å². The van der Waals surface area contributed by atoms with Crippen LogP contribution in [0.25, 0.3) is 0 Å². The summed E-state index contributed by atoms with van der Waals surface area (Å²) in [5, 5.41) is 0. The molecule has 0 radical (unpaired) electrons. The summed E-state index contributed by atoms with van der Waals surface area (Å²) >= 11 is 0. The average Bonchev–Trinajstić information content (AvgIpc) is 3.21. The van der Waals surface area contributed by atoms with Gasteiger partial charge in [-0.15, -0.1) is 0 Å². The predicted molar refractivity (Wildman–Crippen MR) is 126 cm³/mol. The minimum atomic E-state index is -3.76. The van der Waals surface area contributed by atoms with E-state index < -0.39 is 15.9 Å². The second-order valence-electron chi connectivity index (χ2n) is 8.27. The van der Waals surface area contributed by atoms with E-state index in [-0.39, 0.29) is 28.8 Å². The Kier molecular flexibility index (Phi) is 5.74. The van der Waals surface area contributed by atoms with Crippen LogP contribution in [0.4, 0.5) is 11.5 Å². The first-order chi connectivity index (χ1) is 16.4. The van der Waals surface area contributed by atoms with Crippen LogP contribution in [0.3, 0.4) is 0 Å². The molecule has 1 aromatic heterocycles. The molecular formula is C24H23N5O4S. The molecule has 1 unspecified atom stereocenters. The van der Waals surface area contributed by atoms with E-state index >= 15 is 0 Å². The van der Waals surface area contributed by atoms with Gasteiger partial charge in [0.2, 0.25) is 5.91 Å². The predicted octanol–water partition coefficient (Wildman–Crippen LogP) is 2.30. The molecule has 5 rings (SSSR count). The van der Waals surface area contributed by atoms with Gasteiger partial charge in [-0.2, -0.15) is 0 Å². The minimum Gasteiger partial charge on any atom is -0.368 e. The average molecular weight is 478 g/mol. The maximum atomic E-state index is 13.1. The molecule has 1 saturated heterocycles. The summed E-state index contributed by atoms with van der Waals surface area (Å²) in [4.78, 5) is 37.1. The fraction of sp³-hybridized carbons (Fsp3) is 0.250. The SMILES string of the molecule is O=C1CC(C(=O)N2CCN(c3ccc(S(=O)(=O)Nc4ccncn4)cc3)CC2)c2ccccc21. The Hall–Kier alpha value is -3.79. The Labute approximate surface area is 197 Å². The van der Waals surface area contributed by atoms with Crippen molar-refractivity contribution in [2.45, 2.75) is 17.2 Å². The lowest BCUT2D eigenvalue weighted by molar-refractivity contribution is -0.133. The van der Waals surface area contributed by atoms with Crippen LogP contribution in [0.1, 0.15) is 28.3 Å². The van der Waals surface area contributed by atoms with E-state index in [2.05, 4.69) is 19.6 Å². The summed E-state index contributed by atoms with van der Waals surface area (Å²) in [6, 6.07) is 15.5. The molecule has 3 aromatic rings. The van der Waals surface area contributed by atoms with Crippen molar-refractivity contribution in [1.82, 2.24) is 14.9 Å². The van der Waals surface area contributed by atoms with E-state index in [1.807, 2.05) is 23.1 Å². The number of hydrogen-bond donors (Lipinski definition) is 1. The molecule has 2 aliphatic rings. The van der Waals surface area contributed by atoms with E-state index in [0.29, 0.717) is 31.7 Å². The number of benzene rings is 2. The van der Waals surface area contributed by atoms with Crippen molar-refractivity contribution < 1.29 is 18.0 Å². The molecule has 10 heteroatoms. The Morgan fingerprint density at radius 2 is 1.71 bits per heavy atom. The van der Waals surface area contributed by atoms with Crippen molar-refractivity contribution in [2.75, 3.05) is 35.8 Å². The molecule has 0 saturated carbocycles. The normalized spacial score (nSPS) is 18.0. The quantitative estimate of drug-likeness (QED) is 0.600. The Morgan fingerprint density at radius 3 is 2.41 bits per heavy atom. The van der Waals surface area contributed by atoms with Crippen molar-refractivity contribution >= 4 is 33.2 Å². The summed E-state index contributed by atoms with van der Waals surface area (Å²) in [5.41, 5.74) is 2.37. The standard InChI is InChI=1S/C24H23N5O4S/c30-22-15-21(19-3-1-2-4-20(19)22)24(31)29-13-11-28(12-14-29)17-5-7-18(8-6-17)34(32,33)27-23-9-10-25-16-26-23/h1-10,16,21H,11-15H2,(H,25,26,27). The molecule has 9 nitrogen and oxygen atoms in total. The maximum Gasteiger partial charge on any atom is 0.263 e. The number of piperazine rings is 1. The van der Waals surface area contributed by atoms with Crippen LogP contribution in [0.2, 0.25) is 0 Å². The highest BCUT2D eigenvalue weighted by Crippen LogP contribution is 2.34. The zero-order valence-corrected chi connectivity index (χ0v) is 19.1. The van der Waals surface area contributed by atoms with Crippen LogP contribution in [0.15, 0.2) is 72.0 Å². The molecule has 1 amide bonds. The fourth-order valence-electron chi connectivity index (χ4n) is 4.47. The van der Waals surface area contributed by atoms with Crippen molar-refractivity contribution in [2.24, 2.45) is 0 Å². The first-order valence-corrected chi connectivity index (χ1v) is 12.5. The fourth-order valence-corrected chi connectivity index (χ4v) is 5.48. The molecule has 1 N–H and O–H groups in total. The largest absolute Gasteiger partial charge is 0.368 e. The van der Waals surface area contributed by atoms with E-state index in [4.69, 9.17) is 0 Å². The third-order valence-electron chi connectivity index (χ3n) is 6.25. The highest BCUT2D eigenvalue weighted by atomic mass is 32.2. The molecule has 34 heavy (non-hydrogen) atoms. The number of carbonyl (C=O) groups is 2. The monoisotopic (exact) mass is 477 g/mol. The Morgan fingerprint density at radius 1 is 0.971 bits per heavy atom. The topological polar surface area (TPSA) is 113 Å². The maximum absolute atomic E-state index is 13.1. The lowest BCUT2D eigenvalue weighted by Crippen LogP contribution is -2.50. The third-order valence-corrected chi connectivity index (χ3v) is 7.62. The summed E-state index contributed by atoms with van der Waals surface area (Å²) in [6.45, 7) is 2.33. The van der Waals surface area contributed by atoms with Crippen molar-refractivity contribution in [3.8, 4) is 0 Å². The summed E-state index contributed by atoms with van der Waals surface area (Å²) < 4.78 is 27.6. The number of fused-ring (bicyclic) bond motifs is 1. The van der Waals surface area contributed by atoms with Crippen molar-refractivity contribution in [3.05, 3.63) is 78.2 Å². The molecular weight excluding hydrogens is 454 g/mol. The number of hydrogen-bond acceptors (Lipinski definition) is 7. The number of rotatable bonds is 5. The van der Waals surface area contributed by atoms with Gasteiger partial charge < -0.3 is 9.80 Å². The van der Waals surface area contributed by atoms with Gasteiger partial charge in [0.15, 0.2) is 5.78 Å². The highest BCUT2D eigenvalue weighted by Gasteiger charge is 2.37. The number of nitrogens with zero attached hydrogens (tertiary/aromatic N) is 4. The van der Waals surface area contributed by atoms with E-state index in [1.165, 1.54) is 18.6 Å². The smallest absolute Gasteiger partial charge is 0.263 e. The van der Waals surface area contributed by atoms with Gasteiger partial charge in [-0.1, -0.05) is 24.3 Å². The molecule has 0 spiro atoms. The third kappa shape index (κ3) is 4.24. The van der Waals surface area contributed by atoms with E-state index in [9.17, 15) is 18.0 Å². The van der Waals surface area contributed by atoms with Gasteiger partial charge in [0, 0.05) is 50.0 Å². The van der Waals surface area contributed by atoms with Crippen molar-refractivity contribution in [1.29, 1.82) is 0 Å². The summed E-state index contributed by atoms with van der Waals surface area (Å²) in [6.07, 6.45) is 2.97. The van der Waals surface area contributed by atoms with Crippen LogP contribution >= 0.6 is 0 Å². The lowest BCUT2D eigenvalue weighted by atomic mass is 9.99. The van der Waals surface area contributed by atoms with Crippen LogP contribution < -0.4 is 9.62 Å². The minimum absolute atomic E-state index is 0.00446. The molecule has 0 bridgehead atoms. The second-order valence-corrected chi connectivity index (χ2v) is 9.96. The Balaban J connectivity index is 1.22. The van der Waals surface area contributed by atoms with Crippen molar-refractivity contribution in [3.63, 3.8) is 0 Å². The van der Waals surface area contributed by atoms with E-state index in [0.717, 1.165) is 11.3 Å².